The Bertz CT molecular complexity index is 990. The first-order valence-corrected chi connectivity index (χ1v) is 10.5. The van der Waals surface area contributed by atoms with Crippen LogP contribution in [0.15, 0.2) is 41.0 Å². The van der Waals surface area contributed by atoms with Gasteiger partial charge in [0.05, 0.1) is 18.7 Å². The number of carbonyl (C=O) groups excluding carboxylic acids is 3. The van der Waals surface area contributed by atoms with Gasteiger partial charge in [-0.2, -0.15) is 0 Å². The smallest absolute Gasteiger partial charge is 0.289 e. The molecule has 3 amide bonds. The molecule has 170 valence electrons. The van der Waals surface area contributed by atoms with E-state index >= 15 is 0 Å². The first-order valence-electron chi connectivity index (χ1n) is 10.5. The van der Waals surface area contributed by atoms with E-state index in [9.17, 15) is 23.2 Å². The zero-order valence-electron chi connectivity index (χ0n) is 17.4. The Balaban J connectivity index is 1.37. The molecule has 0 bridgehead atoms. The minimum Gasteiger partial charge on any atom is -0.459 e. The van der Waals surface area contributed by atoms with Crippen molar-refractivity contribution in [3.8, 4) is 0 Å². The molecule has 0 aliphatic carbocycles. The van der Waals surface area contributed by atoms with Crippen LogP contribution in [0.4, 0.5) is 8.78 Å². The SMILES string of the molecule is O=C1NCCN(Cc2cccc(F)c2F)[C@@H]1CC(=O)N1CCN(C(=O)c2ccco2)CC1. The van der Waals surface area contributed by atoms with Crippen LogP contribution in [-0.4, -0.2) is 77.7 Å². The molecule has 3 heterocycles. The molecule has 2 saturated heterocycles. The molecular formula is C22H24F2N4O4. The van der Waals surface area contributed by atoms with Crippen molar-refractivity contribution < 1.29 is 27.6 Å². The molecule has 2 fully saturated rings. The van der Waals surface area contributed by atoms with Crippen molar-refractivity contribution in [3.05, 3.63) is 59.6 Å². The zero-order valence-corrected chi connectivity index (χ0v) is 17.4. The molecule has 1 N–H and O–H groups in total. The van der Waals surface area contributed by atoms with E-state index in [1.165, 1.54) is 18.4 Å². The van der Waals surface area contributed by atoms with Crippen LogP contribution in [0, 0.1) is 11.6 Å². The van der Waals surface area contributed by atoms with Crippen LogP contribution >= 0.6 is 0 Å². The van der Waals surface area contributed by atoms with Gasteiger partial charge in [-0.05, 0) is 18.2 Å². The third-order valence-corrected chi connectivity index (χ3v) is 5.87. The van der Waals surface area contributed by atoms with Crippen LogP contribution in [-0.2, 0) is 16.1 Å². The summed E-state index contributed by atoms with van der Waals surface area (Å²) in [6.07, 6.45) is 1.36. The van der Waals surface area contributed by atoms with Gasteiger partial charge in [0.15, 0.2) is 17.4 Å². The molecule has 8 nitrogen and oxygen atoms in total. The van der Waals surface area contributed by atoms with Gasteiger partial charge in [-0.3, -0.25) is 19.3 Å². The van der Waals surface area contributed by atoms with Gasteiger partial charge in [0.25, 0.3) is 5.91 Å². The Morgan fingerprint density at radius 1 is 1.03 bits per heavy atom. The van der Waals surface area contributed by atoms with Crippen molar-refractivity contribution in [2.45, 2.75) is 19.0 Å². The summed E-state index contributed by atoms with van der Waals surface area (Å²) in [5.74, 6) is -2.39. The van der Waals surface area contributed by atoms with Crippen LogP contribution in [0.5, 0.6) is 0 Å². The highest BCUT2D eigenvalue weighted by atomic mass is 19.2. The first-order chi connectivity index (χ1) is 15.4. The zero-order chi connectivity index (χ0) is 22.7. The minimum absolute atomic E-state index is 0.0282. The van der Waals surface area contributed by atoms with E-state index in [0.29, 0.717) is 39.3 Å². The molecule has 2 aromatic rings. The molecule has 0 unspecified atom stereocenters. The molecule has 1 aromatic heterocycles. The maximum absolute atomic E-state index is 14.1. The van der Waals surface area contributed by atoms with Crippen molar-refractivity contribution in [2.24, 2.45) is 0 Å². The number of carbonyl (C=O) groups is 3. The van der Waals surface area contributed by atoms with Crippen molar-refractivity contribution in [1.82, 2.24) is 20.0 Å². The van der Waals surface area contributed by atoms with Crippen LogP contribution in [0.25, 0.3) is 0 Å². The Labute approximate surface area is 183 Å². The molecule has 0 saturated carbocycles. The number of rotatable bonds is 5. The molecule has 2 aliphatic rings. The van der Waals surface area contributed by atoms with E-state index in [2.05, 4.69) is 5.32 Å². The molecule has 4 rings (SSSR count). The summed E-state index contributed by atoms with van der Waals surface area (Å²) < 4.78 is 32.8. The predicted octanol–water partition coefficient (Wildman–Crippen LogP) is 1.23. The fourth-order valence-corrected chi connectivity index (χ4v) is 4.07. The quantitative estimate of drug-likeness (QED) is 0.747. The van der Waals surface area contributed by atoms with Crippen molar-refractivity contribution in [1.29, 1.82) is 0 Å². The van der Waals surface area contributed by atoms with Gasteiger partial charge in [0, 0.05) is 51.4 Å². The molecule has 0 spiro atoms. The predicted molar refractivity (Wildman–Crippen MR) is 109 cm³/mol. The lowest BCUT2D eigenvalue weighted by Crippen LogP contribution is -2.57. The number of hydrogen-bond donors (Lipinski definition) is 1. The molecule has 1 aromatic carbocycles. The number of benzene rings is 1. The number of nitrogens with one attached hydrogen (secondary N) is 1. The monoisotopic (exact) mass is 446 g/mol. The average molecular weight is 446 g/mol. The van der Waals surface area contributed by atoms with Gasteiger partial charge >= 0.3 is 0 Å². The normalized spacial score (nSPS) is 19.7. The summed E-state index contributed by atoms with van der Waals surface area (Å²) in [7, 11) is 0. The van der Waals surface area contributed by atoms with Crippen LogP contribution in [0.3, 0.4) is 0 Å². The fraction of sp³-hybridized carbons (Fsp3) is 0.409. The van der Waals surface area contributed by atoms with Gasteiger partial charge < -0.3 is 19.5 Å². The van der Waals surface area contributed by atoms with Crippen LogP contribution in [0.1, 0.15) is 22.5 Å². The number of nitrogens with zero attached hydrogens (tertiary/aromatic N) is 3. The van der Waals surface area contributed by atoms with Crippen LogP contribution < -0.4 is 5.32 Å². The van der Waals surface area contributed by atoms with E-state index in [1.807, 2.05) is 0 Å². The summed E-state index contributed by atoms with van der Waals surface area (Å²) in [6, 6.07) is 6.39. The second kappa shape index (κ2) is 9.47. The van der Waals surface area contributed by atoms with Gasteiger partial charge in [-0.15, -0.1) is 0 Å². The van der Waals surface area contributed by atoms with Gasteiger partial charge in [0.2, 0.25) is 11.8 Å². The summed E-state index contributed by atoms with van der Waals surface area (Å²) in [5, 5.41) is 2.74. The van der Waals surface area contributed by atoms with Gasteiger partial charge in [0.1, 0.15) is 0 Å². The number of halogens is 2. The van der Waals surface area contributed by atoms with Gasteiger partial charge in [-0.25, -0.2) is 8.78 Å². The highest BCUT2D eigenvalue weighted by Gasteiger charge is 2.34. The molecule has 10 heteroatoms. The number of hydrogen-bond acceptors (Lipinski definition) is 5. The Morgan fingerprint density at radius 2 is 1.78 bits per heavy atom. The van der Waals surface area contributed by atoms with E-state index in [-0.39, 0.29) is 42.0 Å². The maximum Gasteiger partial charge on any atom is 0.289 e. The number of amides is 3. The van der Waals surface area contributed by atoms with E-state index in [1.54, 1.807) is 26.8 Å². The largest absolute Gasteiger partial charge is 0.459 e. The molecule has 32 heavy (non-hydrogen) atoms. The van der Waals surface area contributed by atoms with E-state index in [4.69, 9.17) is 4.42 Å². The molecule has 1 atom stereocenters. The topological polar surface area (TPSA) is 86.1 Å². The van der Waals surface area contributed by atoms with Crippen molar-refractivity contribution in [2.75, 3.05) is 39.3 Å². The lowest BCUT2D eigenvalue weighted by Gasteiger charge is -2.38. The molecule has 0 radical (unpaired) electrons. The summed E-state index contributed by atoms with van der Waals surface area (Å²) in [6.45, 7) is 2.23. The third-order valence-electron chi connectivity index (χ3n) is 5.87. The Morgan fingerprint density at radius 3 is 2.50 bits per heavy atom. The van der Waals surface area contributed by atoms with Crippen LogP contribution in [0.2, 0.25) is 0 Å². The second-order valence-electron chi connectivity index (χ2n) is 7.84. The Hall–Kier alpha value is -3.27. The highest BCUT2D eigenvalue weighted by molar-refractivity contribution is 5.92. The number of furan rings is 1. The standard InChI is InChI=1S/C22H24F2N4O4/c23-16-4-1-3-15(20(16)24)14-28-7-6-25-21(30)17(28)13-19(29)26-8-10-27(11-9-26)22(31)18-5-2-12-32-18/h1-5,12,17H,6-11,13-14H2,(H,25,30)/t17-/m1/s1. The number of piperazine rings is 2. The lowest BCUT2D eigenvalue weighted by atomic mass is 10.1. The van der Waals surface area contributed by atoms with Gasteiger partial charge in [-0.1, -0.05) is 12.1 Å². The molecular weight excluding hydrogens is 422 g/mol. The third kappa shape index (κ3) is 4.64. The Kier molecular flexibility index (Phi) is 6.50. The van der Waals surface area contributed by atoms with E-state index in [0.717, 1.165) is 6.07 Å². The molecule has 2 aliphatic heterocycles. The minimum atomic E-state index is -0.946. The fourth-order valence-electron chi connectivity index (χ4n) is 4.07. The summed E-state index contributed by atoms with van der Waals surface area (Å²) in [4.78, 5) is 42.7. The summed E-state index contributed by atoms with van der Waals surface area (Å²) >= 11 is 0. The van der Waals surface area contributed by atoms with Crippen molar-refractivity contribution >= 4 is 17.7 Å². The maximum atomic E-state index is 14.1. The summed E-state index contributed by atoms with van der Waals surface area (Å²) in [5.41, 5.74) is 0.141. The lowest BCUT2D eigenvalue weighted by molar-refractivity contribution is -0.140. The first kappa shape index (κ1) is 21.9. The van der Waals surface area contributed by atoms with Crippen molar-refractivity contribution in [3.63, 3.8) is 0 Å². The van der Waals surface area contributed by atoms with E-state index < -0.39 is 17.7 Å². The highest BCUT2D eigenvalue weighted by Crippen LogP contribution is 2.19. The second-order valence-corrected chi connectivity index (χ2v) is 7.84. The average Bonchev–Trinajstić information content (AvgIpc) is 3.34.